The SMILES string of the molecule is CCCCCC(C)[C@H](OC(=O)n1ccnc1)OS(N)(=O)=O. The fraction of sp³-hybridized carbons (Fsp3) is 0.667. The van der Waals surface area contributed by atoms with Crippen molar-refractivity contribution < 1.29 is 22.1 Å². The van der Waals surface area contributed by atoms with Crippen molar-refractivity contribution in [3.63, 3.8) is 0 Å². The van der Waals surface area contributed by atoms with E-state index < -0.39 is 22.7 Å². The van der Waals surface area contributed by atoms with Crippen LogP contribution < -0.4 is 5.14 Å². The topological polar surface area (TPSA) is 114 Å². The summed E-state index contributed by atoms with van der Waals surface area (Å²) in [6.45, 7) is 3.80. The summed E-state index contributed by atoms with van der Waals surface area (Å²) in [5.74, 6) is -0.303. The van der Waals surface area contributed by atoms with E-state index in [1.807, 2.05) is 0 Å². The van der Waals surface area contributed by atoms with E-state index in [0.717, 1.165) is 23.8 Å². The van der Waals surface area contributed by atoms with Crippen molar-refractivity contribution in [1.29, 1.82) is 0 Å². The first-order chi connectivity index (χ1) is 9.83. The Bertz CT molecular complexity index is 529. The van der Waals surface area contributed by atoms with Crippen LogP contribution in [0.25, 0.3) is 0 Å². The molecule has 0 fully saturated rings. The van der Waals surface area contributed by atoms with Gasteiger partial charge in [-0.25, -0.2) is 23.7 Å². The number of nitrogens with zero attached hydrogens (tertiary/aromatic N) is 2. The highest BCUT2D eigenvalue weighted by atomic mass is 32.2. The van der Waals surface area contributed by atoms with Crippen molar-refractivity contribution in [2.75, 3.05) is 0 Å². The van der Waals surface area contributed by atoms with Gasteiger partial charge >= 0.3 is 16.4 Å². The summed E-state index contributed by atoms with van der Waals surface area (Å²) in [6.07, 6.45) is 5.58. The molecule has 0 aromatic carbocycles. The Morgan fingerprint density at radius 1 is 1.43 bits per heavy atom. The molecule has 1 unspecified atom stereocenters. The van der Waals surface area contributed by atoms with Gasteiger partial charge < -0.3 is 4.74 Å². The first-order valence-electron chi connectivity index (χ1n) is 6.73. The predicted octanol–water partition coefficient (Wildman–Crippen LogP) is 1.63. The Labute approximate surface area is 124 Å². The normalized spacial score (nSPS) is 14.6. The highest BCUT2D eigenvalue weighted by Crippen LogP contribution is 2.19. The van der Waals surface area contributed by atoms with E-state index in [2.05, 4.69) is 16.1 Å². The standard InChI is InChI=1S/C12H21N3O5S/c1-3-4-5-6-10(2)11(20-21(13,17)18)19-12(16)15-8-7-14-9-15/h7-11H,3-6H2,1-2H3,(H2,13,17,18)/t10?,11-/m1/s1. The lowest BCUT2D eigenvalue weighted by Crippen LogP contribution is -2.34. The van der Waals surface area contributed by atoms with Gasteiger partial charge in [-0.15, -0.1) is 0 Å². The summed E-state index contributed by atoms with van der Waals surface area (Å²) in [5, 5.41) is 4.86. The molecule has 2 N–H and O–H groups in total. The minimum absolute atomic E-state index is 0.303. The Morgan fingerprint density at radius 3 is 2.67 bits per heavy atom. The molecular formula is C12H21N3O5S. The zero-order valence-corrected chi connectivity index (χ0v) is 13.0. The van der Waals surface area contributed by atoms with Crippen molar-refractivity contribution in [3.05, 3.63) is 18.7 Å². The van der Waals surface area contributed by atoms with Crippen LogP contribution in [0.4, 0.5) is 4.79 Å². The first kappa shape index (κ1) is 17.6. The smallest absolute Gasteiger partial charge is 0.417 e. The number of nitrogens with two attached hydrogens (primary N) is 1. The molecule has 0 radical (unpaired) electrons. The third-order valence-corrected chi connectivity index (χ3v) is 3.35. The summed E-state index contributed by atoms with van der Waals surface area (Å²) >= 11 is 0. The fourth-order valence-electron chi connectivity index (χ4n) is 1.74. The summed E-state index contributed by atoms with van der Waals surface area (Å²) in [6, 6.07) is 0. The Kier molecular flexibility index (Phi) is 6.79. The molecule has 0 aliphatic heterocycles. The molecule has 21 heavy (non-hydrogen) atoms. The summed E-state index contributed by atoms with van der Waals surface area (Å²) < 4.78 is 33.0. The third-order valence-electron chi connectivity index (χ3n) is 2.89. The zero-order chi connectivity index (χ0) is 15.9. The second-order valence-corrected chi connectivity index (χ2v) is 5.96. The van der Waals surface area contributed by atoms with Gasteiger partial charge in [0.05, 0.1) is 0 Å². The lowest BCUT2D eigenvalue weighted by atomic mass is 10.0. The van der Waals surface area contributed by atoms with E-state index >= 15 is 0 Å². The van der Waals surface area contributed by atoms with Crippen LogP contribution in [0.2, 0.25) is 0 Å². The Balaban J connectivity index is 2.69. The van der Waals surface area contributed by atoms with Crippen molar-refractivity contribution >= 4 is 16.4 Å². The van der Waals surface area contributed by atoms with Gasteiger partial charge in [-0.2, -0.15) is 8.42 Å². The molecule has 0 aliphatic rings. The lowest BCUT2D eigenvalue weighted by molar-refractivity contribution is -0.0645. The van der Waals surface area contributed by atoms with Crippen LogP contribution in [0, 0.1) is 5.92 Å². The molecule has 1 rings (SSSR count). The second-order valence-electron chi connectivity index (χ2n) is 4.78. The average Bonchev–Trinajstić information content (AvgIpc) is 2.90. The molecular weight excluding hydrogens is 298 g/mol. The fourth-order valence-corrected chi connectivity index (χ4v) is 2.24. The van der Waals surface area contributed by atoms with E-state index in [1.54, 1.807) is 6.92 Å². The zero-order valence-electron chi connectivity index (χ0n) is 12.1. The Morgan fingerprint density at radius 2 is 2.14 bits per heavy atom. The molecule has 1 heterocycles. The van der Waals surface area contributed by atoms with Crippen molar-refractivity contribution in [1.82, 2.24) is 9.55 Å². The van der Waals surface area contributed by atoms with Crippen LogP contribution in [0.1, 0.15) is 39.5 Å². The third kappa shape index (κ3) is 6.69. The van der Waals surface area contributed by atoms with Crippen LogP contribution in [0.15, 0.2) is 18.7 Å². The molecule has 0 saturated carbocycles. The number of carbonyl (C=O) groups excluding carboxylic acids is 1. The van der Waals surface area contributed by atoms with Gasteiger partial charge in [-0.05, 0) is 6.42 Å². The van der Waals surface area contributed by atoms with Crippen LogP contribution in [0.3, 0.4) is 0 Å². The van der Waals surface area contributed by atoms with Crippen LogP contribution in [-0.4, -0.2) is 30.4 Å². The molecule has 0 saturated heterocycles. The quantitative estimate of drug-likeness (QED) is 0.575. The number of unbranched alkanes of at least 4 members (excludes halogenated alkanes) is 2. The second kappa shape index (κ2) is 8.11. The maximum absolute atomic E-state index is 11.8. The minimum Gasteiger partial charge on any atom is -0.417 e. The van der Waals surface area contributed by atoms with Crippen molar-refractivity contribution in [2.45, 2.75) is 45.8 Å². The average molecular weight is 319 g/mol. The van der Waals surface area contributed by atoms with Gasteiger partial charge in [-0.3, -0.25) is 0 Å². The number of ether oxygens (including phenoxy) is 1. The number of hydrogen-bond donors (Lipinski definition) is 1. The molecule has 120 valence electrons. The van der Waals surface area contributed by atoms with Crippen LogP contribution in [-0.2, 0) is 19.2 Å². The van der Waals surface area contributed by atoms with E-state index in [9.17, 15) is 13.2 Å². The molecule has 8 nitrogen and oxygen atoms in total. The predicted molar refractivity (Wildman–Crippen MR) is 75.4 cm³/mol. The number of carbonyl (C=O) groups is 1. The van der Waals surface area contributed by atoms with Gasteiger partial charge in [0.25, 0.3) is 0 Å². The number of rotatable bonds is 8. The molecule has 1 aromatic heterocycles. The van der Waals surface area contributed by atoms with Gasteiger partial charge in [0.15, 0.2) is 0 Å². The van der Waals surface area contributed by atoms with Gasteiger partial charge in [0, 0.05) is 18.3 Å². The summed E-state index contributed by atoms with van der Waals surface area (Å²) in [4.78, 5) is 15.5. The lowest BCUT2D eigenvalue weighted by Gasteiger charge is -2.22. The monoisotopic (exact) mass is 319 g/mol. The largest absolute Gasteiger partial charge is 0.421 e. The molecule has 0 spiro atoms. The van der Waals surface area contributed by atoms with Gasteiger partial charge in [0.1, 0.15) is 6.33 Å². The number of hydrogen-bond acceptors (Lipinski definition) is 6. The van der Waals surface area contributed by atoms with E-state index in [0.29, 0.717) is 6.42 Å². The molecule has 1 aromatic rings. The molecule has 9 heteroatoms. The summed E-state index contributed by atoms with van der Waals surface area (Å²) in [7, 11) is -4.22. The number of imidazole rings is 1. The maximum Gasteiger partial charge on any atom is 0.421 e. The van der Waals surface area contributed by atoms with E-state index in [4.69, 9.17) is 9.88 Å². The molecule has 0 bridgehead atoms. The molecule has 0 amide bonds. The number of aromatic nitrogens is 2. The van der Waals surface area contributed by atoms with Gasteiger partial charge in [0.2, 0.25) is 6.29 Å². The highest BCUT2D eigenvalue weighted by molar-refractivity contribution is 7.84. The molecule has 2 atom stereocenters. The van der Waals surface area contributed by atoms with E-state index in [1.165, 1.54) is 18.7 Å². The Hall–Kier alpha value is -1.45. The van der Waals surface area contributed by atoms with E-state index in [-0.39, 0.29) is 5.92 Å². The highest BCUT2D eigenvalue weighted by Gasteiger charge is 2.27. The minimum atomic E-state index is -4.22. The van der Waals surface area contributed by atoms with Crippen molar-refractivity contribution in [3.8, 4) is 0 Å². The van der Waals surface area contributed by atoms with Gasteiger partial charge in [-0.1, -0.05) is 33.1 Å². The first-order valence-corrected chi connectivity index (χ1v) is 8.20. The maximum atomic E-state index is 11.8. The van der Waals surface area contributed by atoms with Crippen molar-refractivity contribution in [2.24, 2.45) is 11.1 Å². The van der Waals surface area contributed by atoms with Crippen LogP contribution in [0.5, 0.6) is 0 Å². The summed E-state index contributed by atoms with van der Waals surface area (Å²) in [5.41, 5.74) is 0. The van der Waals surface area contributed by atoms with Crippen LogP contribution >= 0.6 is 0 Å². The molecule has 0 aliphatic carbocycles.